The molecular weight excluding hydrogens is 212 g/mol. The summed E-state index contributed by atoms with van der Waals surface area (Å²) in [6, 6.07) is 0.699. The minimum absolute atomic E-state index is 0.372. The van der Waals surface area contributed by atoms with Gasteiger partial charge in [-0.3, -0.25) is 0 Å². The minimum atomic E-state index is -0.869. The van der Waals surface area contributed by atoms with E-state index in [4.69, 9.17) is 5.11 Å². The highest BCUT2D eigenvalue weighted by Crippen LogP contribution is 2.20. The average molecular weight is 226 g/mol. The number of thiazole rings is 1. The molecule has 0 saturated heterocycles. The molecule has 0 radical (unpaired) electrons. The largest absolute Gasteiger partial charge is 0.477 e. The van der Waals surface area contributed by atoms with Gasteiger partial charge in [-0.15, -0.1) is 11.3 Å². The van der Waals surface area contributed by atoms with Gasteiger partial charge in [-0.1, -0.05) is 0 Å². The lowest BCUT2D eigenvalue weighted by atomic mass is 10.4. The lowest BCUT2D eigenvalue weighted by Crippen LogP contribution is -2.19. The van der Waals surface area contributed by atoms with E-state index in [1.165, 1.54) is 24.2 Å². The lowest BCUT2D eigenvalue weighted by molar-refractivity contribution is 0.0701. The number of hydrogen-bond donors (Lipinski definition) is 2. The highest BCUT2D eigenvalue weighted by atomic mass is 32.1. The fourth-order valence-corrected chi connectivity index (χ4v) is 2.33. The molecule has 1 heterocycles. The molecule has 0 aromatic carbocycles. The van der Waals surface area contributed by atoms with Gasteiger partial charge >= 0.3 is 5.97 Å². The van der Waals surface area contributed by atoms with Gasteiger partial charge in [-0.2, -0.15) is 0 Å². The molecule has 0 aliphatic heterocycles. The van der Waals surface area contributed by atoms with Crippen LogP contribution in [0.3, 0.4) is 0 Å². The first-order chi connectivity index (χ1) is 7.16. The maximum atomic E-state index is 10.8. The molecule has 0 spiro atoms. The molecule has 0 amide bonds. The van der Waals surface area contributed by atoms with Crippen LogP contribution in [0.1, 0.15) is 33.2 Å². The van der Waals surface area contributed by atoms with Crippen LogP contribution in [-0.4, -0.2) is 28.6 Å². The van der Waals surface area contributed by atoms with E-state index in [-0.39, 0.29) is 0 Å². The summed E-state index contributed by atoms with van der Waals surface area (Å²) in [5, 5.41) is 13.2. The Bertz CT molecular complexity index is 371. The Morgan fingerprint density at radius 3 is 2.93 bits per heavy atom. The summed E-state index contributed by atoms with van der Waals surface area (Å²) < 4.78 is 0. The van der Waals surface area contributed by atoms with Crippen LogP contribution in [0.4, 0.5) is 0 Å². The SMILES string of the molecule is Cc1nc(CCNC2CC2)sc1C(=O)O. The maximum absolute atomic E-state index is 10.8. The number of carboxylic acids is 1. The second-order valence-corrected chi connectivity index (χ2v) is 4.89. The number of rotatable bonds is 5. The van der Waals surface area contributed by atoms with Crippen LogP contribution in [0.25, 0.3) is 0 Å². The summed E-state index contributed by atoms with van der Waals surface area (Å²) in [7, 11) is 0. The molecule has 0 atom stereocenters. The molecule has 1 aromatic heterocycles. The molecule has 1 fully saturated rings. The molecular formula is C10H14N2O2S. The van der Waals surface area contributed by atoms with Gasteiger partial charge < -0.3 is 10.4 Å². The maximum Gasteiger partial charge on any atom is 0.347 e. The Kier molecular flexibility index (Phi) is 3.02. The fraction of sp³-hybridized carbons (Fsp3) is 0.600. The zero-order valence-corrected chi connectivity index (χ0v) is 9.43. The van der Waals surface area contributed by atoms with Crippen LogP contribution >= 0.6 is 11.3 Å². The summed E-state index contributed by atoms with van der Waals surface area (Å²) in [6.45, 7) is 2.65. The highest BCUT2D eigenvalue weighted by Gasteiger charge is 2.20. The summed E-state index contributed by atoms with van der Waals surface area (Å²) in [4.78, 5) is 15.4. The van der Waals surface area contributed by atoms with E-state index in [0.717, 1.165) is 18.0 Å². The predicted molar refractivity (Wildman–Crippen MR) is 58.5 cm³/mol. The summed E-state index contributed by atoms with van der Waals surface area (Å²) >= 11 is 1.29. The molecule has 4 nitrogen and oxygen atoms in total. The van der Waals surface area contributed by atoms with E-state index in [1.807, 2.05) is 0 Å². The highest BCUT2D eigenvalue weighted by molar-refractivity contribution is 7.13. The molecule has 1 aliphatic carbocycles. The Morgan fingerprint density at radius 1 is 1.67 bits per heavy atom. The van der Waals surface area contributed by atoms with Gasteiger partial charge in [0, 0.05) is 19.0 Å². The van der Waals surface area contributed by atoms with Crippen molar-refractivity contribution in [2.45, 2.75) is 32.2 Å². The molecule has 0 bridgehead atoms. The van der Waals surface area contributed by atoms with Crippen molar-refractivity contribution in [3.63, 3.8) is 0 Å². The predicted octanol–water partition coefficient (Wildman–Crippen LogP) is 1.44. The quantitative estimate of drug-likeness (QED) is 0.797. The molecule has 2 rings (SSSR count). The molecule has 15 heavy (non-hydrogen) atoms. The Hall–Kier alpha value is -0.940. The van der Waals surface area contributed by atoms with Crippen LogP contribution in [-0.2, 0) is 6.42 Å². The topological polar surface area (TPSA) is 62.2 Å². The van der Waals surface area contributed by atoms with Crippen molar-refractivity contribution < 1.29 is 9.90 Å². The summed E-state index contributed by atoms with van der Waals surface area (Å²) in [5.74, 6) is -0.869. The zero-order chi connectivity index (χ0) is 10.8. The van der Waals surface area contributed by atoms with Crippen molar-refractivity contribution in [1.29, 1.82) is 0 Å². The van der Waals surface area contributed by atoms with E-state index in [1.54, 1.807) is 6.92 Å². The number of aromatic carboxylic acids is 1. The standard InChI is InChI=1S/C10H14N2O2S/c1-6-9(10(13)14)15-8(12-6)4-5-11-7-2-3-7/h7,11H,2-5H2,1H3,(H,13,14). The van der Waals surface area contributed by atoms with Gasteiger partial charge in [0.05, 0.1) is 10.7 Å². The Balaban J connectivity index is 1.89. The van der Waals surface area contributed by atoms with Crippen LogP contribution in [0.15, 0.2) is 0 Å². The molecule has 1 aromatic rings. The van der Waals surface area contributed by atoms with E-state index in [2.05, 4.69) is 10.3 Å². The fourth-order valence-electron chi connectivity index (χ4n) is 1.43. The van der Waals surface area contributed by atoms with Crippen molar-refractivity contribution in [1.82, 2.24) is 10.3 Å². The third-order valence-electron chi connectivity index (χ3n) is 2.38. The first-order valence-corrected chi connectivity index (χ1v) is 5.91. The van der Waals surface area contributed by atoms with Gasteiger partial charge in [0.2, 0.25) is 0 Å². The van der Waals surface area contributed by atoms with E-state index >= 15 is 0 Å². The Morgan fingerprint density at radius 2 is 2.40 bits per heavy atom. The van der Waals surface area contributed by atoms with Crippen LogP contribution in [0, 0.1) is 6.92 Å². The zero-order valence-electron chi connectivity index (χ0n) is 8.62. The Labute approximate surface area is 92.3 Å². The molecule has 5 heteroatoms. The first-order valence-electron chi connectivity index (χ1n) is 5.10. The van der Waals surface area contributed by atoms with Gasteiger partial charge in [-0.05, 0) is 19.8 Å². The lowest BCUT2D eigenvalue weighted by Gasteiger charge is -1.98. The molecule has 2 N–H and O–H groups in total. The van der Waals surface area contributed by atoms with Crippen LogP contribution < -0.4 is 5.32 Å². The smallest absolute Gasteiger partial charge is 0.347 e. The van der Waals surface area contributed by atoms with Gasteiger partial charge in [0.15, 0.2) is 0 Å². The number of aryl methyl sites for hydroxylation is 1. The van der Waals surface area contributed by atoms with E-state index in [0.29, 0.717) is 16.6 Å². The molecule has 1 saturated carbocycles. The van der Waals surface area contributed by atoms with Crippen molar-refractivity contribution in [3.8, 4) is 0 Å². The molecule has 1 aliphatic rings. The number of nitrogens with one attached hydrogen (secondary N) is 1. The van der Waals surface area contributed by atoms with Crippen LogP contribution in [0.2, 0.25) is 0 Å². The van der Waals surface area contributed by atoms with Crippen molar-refractivity contribution >= 4 is 17.3 Å². The van der Waals surface area contributed by atoms with Crippen molar-refractivity contribution in [3.05, 3.63) is 15.6 Å². The molecule has 82 valence electrons. The van der Waals surface area contributed by atoms with Gasteiger partial charge in [0.25, 0.3) is 0 Å². The first kappa shape index (κ1) is 10.6. The second-order valence-electron chi connectivity index (χ2n) is 3.81. The summed E-state index contributed by atoms with van der Waals surface area (Å²) in [6.07, 6.45) is 3.38. The van der Waals surface area contributed by atoms with Gasteiger partial charge in [-0.25, -0.2) is 9.78 Å². The monoisotopic (exact) mass is 226 g/mol. The number of nitrogens with zero attached hydrogens (tertiary/aromatic N) is 1. The number of carbonyl (C=O) groups is 1. The van der Waals surface area contributed by atoms with Crippen molar-refractivity contribution in [2.24, 2.45) is 0 Å². The van der Waals surface area contributed by atoms with Crippen LogP contribution in [0.5, 0.6) is 0 Å². The van der Waals surface area contributed by atoms with Crippen molar-refractivity contribution in [2.75, 3.05) is 6.54 Å². The number of hydrogen-bond acceptors (Lipinski definition) is 4. The third kappa shape index (κ3) is 2.76. The normalized spacial score (nSPS) is 15.5. The second kappa shape index (κ2) is 4.28. The number of aromatic nitrogens is 1. The van der Waals surface area contributed by atoms with Gasteiger partial charge in [0.1, 0.15) is 4.88 Å². The summed E-state index contributed by atoms with van der Waals surface area (Å²) in [5.41, 5.74) is 0.633. The molecule has 0 unspecified atom stereocenters. The number of carboxylic acid groups (broad SMARTS) is 1. The van der Waals surface area contributed by atoms with E-state index < -0.39 is 5.97 Å². The third-order valence-corrected chi connectivity index (χ3v) is 3.59. The minimum Gasteiger partial charge on any atom is -0.477 e. The average Bonchev–Trinajstić information content (AvgIpc) is 2.90. The van der Waals surface area contributed by atoms with E-state index in [9.17, 15) is 4.79 Å².